The van der Waals surface area contributed by atoms with Crippen LogP contribution in [-0.2, 0) is 14.3 Å². The SMILES string of the molecule is CCCCCCCCCC/C=C/C(O)C(CO)NC(=O)CCCCCCCCC/C=C\CCCCCCOC(=O)CCCCCCCCCCCCCCC. The highest BCUT2D eigenvalue weighted by molar-refractivity contribution is 5.76. The molecule has 0 heterocycles. The molecule has 0 aliphatic carbocycles. The Morgan fingerprint density at radius 1 is 0.491 bits per heavy atom. The van der Waals surface area contributed by atoms with Crippen molar-refractivity contribution < 1.29 is 24.5 Å². The molecule has 0 saturated heterocycles. The number of hydrogen-bond donors (Lipinski definition) is 3. The van der Waals surface area contributed by atoms with Crippen molar-refractivity contribution >= 4 is 11.9 Å². The van der Waals surface area contributed by atoms with Gasteiger partial charge < -0.3 is 20.3 Å². The molecule has 0 radical (unpaired) electrons. The van der Waals surface area contributed by atoms with Crippen LogP contribution in [0.3, 0.4) is 0 Å². The van der Waals surface area contributed by atoms with Gasteiger partial charge in [0.15, 0.2) is 0 Å². The summed E-state index contributed by atoms with van der Waals surface area (Å²) in [5.41, 5.74) is 0. The number of unbranched alkanes of at least 4 members (excludes halogenated alkanes) is 31. The minimum atomic E-state index is -0.851. The molecule has 0 aliphatic heterocycles. The van der Waals surface area contributed by atoms with E-state index >= 15 is 0 Å². The second-order valence-corrected chi connectivity index (χ2v) is 16.4. The van der Waals surface area contributed by atoms with Crippen LogP contribution in [0.25, 0.3) is 0 Å². The van der Waals surface area contributed by atoms with Crippen LogP contribution in [0.4, 0.5) is 0 Å². The van der Waals surface area contributed by atoms with Crippen molar-refractivity contribution in [1.82, 2.24) is 5.32 Å². The molecule has 2 unspecified atom stereocenters. The fraction of sp³-hybridized carbons (Fsp3) is 0.878. The lowest BCUT2D eigenvalue weighted by atomic mass is 10.0. The number of aliphatic hydroxyl groups excluding tert-OH is 2. The van der Waals surface area contributed by atoms with Crippen LogP contribution in [0.2, 0.25) is 0 Å². The van der Waals surface area contributed by atoms with Gasteiger partial charge in [0, 0.05) is 12.8 Å². The van der Waals surface area contributed by atoms with Gasteiger partial charge in [0.25, 0.3) is 0 Å². The smallest absolute Gasteiger partial charge is 0.305 e. The van der Waals surface area contributed by atoms with Crippen LogP contribution in [0.5, 0.6) is 0 Å². The fourth-order valence-corrected chi connectivity index (χ4v) is 7.21. The molecule has 6 nitrogen and oxygen atoms in total. The van der Waals surface area contributed by atoms with Gasteiger partial charge in [-0.2, -0.15) is 0 Å². The maximum atomic E-state index is 12.4. The Balaban J connectivity index is 3.49. The van der Waals surface area contributed by atoms with Gasteiger partial charge in [0.05, 0.1) is 25.4 Å². The van der Waals surface area contributed by atoms with Crippen molar-refractivity contribution in [3.63, 3.8) is 0 Å². The normalized spacial score (nSPS) is 12.9. The first-order valence-corrected chi connectivity index (χ1v) is 24.1. The Hall–Kier alpha value is -1.66. The van der Waals surface area contributed by atoms with Gasteiger partial charge in [-0.15, -0.1) is 0 Å². The fourth-order valence-electron chi connectivity index (χ4n) is 7.21. The molecular formula is C49H93NO5. The maximum absolute atomic E-state index is 12.4. The number of aliphatic hydroxyl groups is 2. The van der Waals surface area contributed by atoms with Crippen LogP contribution in [0, 0.1) is 0 Å². The van der Waals surface area contributed by atoms with Gasteiger partial charge in [-0.25, -0.2) is 0 Å². The minimum absolute atomic E-state index is 0.0105. The van der Waals surface area contributed by atoms with Gasteiger partial charge in [-0.05, 0) is 57.8 Å². The molecule has 1 amide bonds. The largest absolute Gasteiger partial charge is 0.466 e. The van der Waals surface area contributed by atoms with E-state index in [9.17, 15) is 19.8 Å². The zero-order valence-corrected chi connectivity index (χ0v) is 36.7. The summed E-state index contributed by atoms with van der Waals surface area (Å²) >= 11 is 0. The predicted molar refractivity (Wildman–Crippen MR) is 236 cm³/mol. The van der Waals surface area contributed by atoms with Gasteiger partial charge in [-0.3, -0.25) is 9.59 Å². The quantitative estimate of drug-likeness (QED) is 0.0325. The van der Waals surface area contributed by atoms with Crippen molar-refractivity contribution in [1.29, 1.82) is 0 Å². The third-order valence-corrected chi connectivity index (χ3v) is 11.0. The number of nitrogens with one attached hydrogen (secondary N) is 1. The maximum Gasteiger partial charge on any atom is 0.305 e. The molecule has 6 heteroatoms. The molecule has 2 atom stereocenters. The minimum Gasteiger partial charge on any atom is -0.466 e. The van der Waals surface area contributed by atoms with E-state index in [1.165, 1.54) is 154 Å². The summed E-state index contributed by atoms with van der Waals surface area (Å²) in [5, 5.41) is 22.9. The average Bonchev–Trinajstić information content (AvgIpc) is 3.18. The Morgan fingerprint density at radius 2 is 0.855 bits per heavy atom. The molecule has 0 aromatic heterocycles. The monoisotopic (exact) mass is 776 g/mol. The molecule has 0 spiro atoms. The summed E-state index contributed by atoms with van der Waals surface area (Å²) in [5.74, 6) is -0.0962. The van der Waals surface area contributed by atoms with Crippen molar-refractivity contribution in [2.45, 2.75) is 264 Å². The van der Waals surface area contributed by atoms with Crippen LogP contribution in [-0.4, -0.2) is 47.4 Å². The number of carbonyl (C=O) groups excluding carboxylic acids is 2. The summed E-state index contributed by atoms with van der Waals surface area (Å²) in [4.78, 5) is 24.3. The van der Waals surface area contributed by atoms with Crippen LogP contribution in [0.15, 0.2) is 24.3 Å². The number of esters is 1. The number of amides is 1. The molecule has 0 aliphatic rings. The van der Waals surface area contributed by atoms with Crippen molar-refractivity contribution in [2.75, 3.05) is 13.2 Å². The van der Waals surface area contributed by atoms with E-state index in [1.807, 2.05) is 6.08 Å². The third-order valence-electron chi connectivity index (χ3n) is 11.0. The molecule has 3 N–H and O–H groups in total. The molecule has 0 rings (SSSR count). The van der Waals surface area contributed by atoms with Gasteiger partial charge in [-0.1, -0.05) is 205 Å². The number of hydrogen-bond acceptors (Lipinski definition) is 5. The van der Waals surface area contributed by atoms with Crippen LogP contribution in [0.1, 0.15) is 251 Å². The van der Waals surface area contributed by atoms with E-state index in [0.717, 1.165) is 70.6 Å². The lowest BCUT2D eigenvalue weighted by Gasteiger charge is -2.20. The summed E-state index contributed by atoms with van der Waals surface area (Å²) in [6.45, 7) is 4.84. The first kappa shape index (κ1) is 53.3. The number of carbonyl (C=O) groups is 2. The van der Waals surface area contributed by atoms with Gasteiger partial charge in [0.2, 0.25) is 5.91 Å². The van der Waals surface area contributed by atoms with Gasteiger partial charge in [0.1, 0.15) is 0 Å². The van der Waals surface area contributed by atoms with E-state index in [-0.39, 0.29) is 18.5 Å². The molecule has 0 aromatic rings. The zero-order chi connectivity index (χ0) is 40.1. The molecule has 0 bridgehead atoms. The highest BCUT2D eigenvalue weighted by atomic mass is 16.5. The molecular weight excluding hydrogens is 683 g/mol. The third kappa shape index (κ3) is 41.8. The average molecular weight is 776 g/mol. The van der Waals surface area contributed by atoms with E-state index in [0.29, 0.717) is 19.4 Å². The summed E-state index contributed by atoms with van der Waals surface area (Å²) in [6, 6.07) is -0.636. The Morgan fingerprint density at radius 3 is 1.29 bits per heavy atom. The topological polar surface area (TPSA) is 95.9 Å². The lowest BCUT2D eigenvalue weighted by molar-refractivity contribution is -0.143. The number of rotatable bonds is 44. The van der Waals surface area contributed by atoms with Crippen molar-refractivity contribution in [2.24, 2.45) is 0 Å². The number of allylic oxidation sites excluding steroid dienone is 3. The van der Waals surface area contributed by atoms with E-state index in [2.05, 4.69) is 31.3 Å². The van der Waals surface area contributed by atoms with E-state index < -0.39 is 12.1 Å². The van der Waals surface area contributed by atoms with Gasteiger partial charge >= 0.3 is 5.97 Å². The molecule has 0 aromatic carbocycles. The lowest BCUT2D eigenvalue weighted by Crippen LogP contribution is -2.45. The Labute approximate surface area is 341 Å². The second kappa shape index (κ2) is 45.0. The summed E-state index contributed by atoms with van der Waals surface area (Å²) < 4.78 is 5.44. The van der Waals surface area contributed by atoms with E-state index in [1.54, 1.807) is 6.08 Å². The molecule has 324 valence electrons. The van der Waals surface area contributed by atoms with Crippen molar-refractivity contribution in [3.05, 3.63) is 24.3 Å². The first-order valence-electron chi connectivity index (χ1n) is 24.1. The number of ether oxygens (including phenoxy) is 1. The molecule has 0 saturated carbocycles. The highest BCUT2D eigenvalue weighted by Gasteiger charge is 2.18. The predicted octanol–water partition coefficient (Wildman–Crippen LogP) is 14.0. The van der Waals surface area contributed by atoms with Crippen LogP contribution < -0.4 is 5.32 Å². The molecule has 55 heavy (non-hydrogen) atoms. The van der Waals surface area contributed by atoms with E-state index in [4.69, 9.17) is 4.74 Å². The Bertz CT molecular complexity index is 858. The summed E-state index contributed by atoms with van der Waals surface area (Å²) in [6.07, 6.45) is 51.7. The first-order chi connectivity index (χ1) is 27.0. The zero-order valence-electron chi connectivity index (χ0n) is 36.7. The standard InChI is InChI=1S/C49H93NO5/c1-3-5-7-9-11-13-15-19-23-27-31-35-39-43-49(54)55-44-40-36-32-28-24-21-18-16-17-20-22-26-30-34-38-42-48(53)50-46(45-51)47(52)41-37-33-29-25-14-12-10-8-6-4-2/h18,21,37,41,46-47,51-52H,3-17,19-20,22-36,38-40,42-45H2,1-2H3,(H,50,53)/b21-18-,41-37+. The van der Waals surface area contributed by atoms with Crippen molar-refractivity contribution in [3.8, 4) is 0 Å². The summed E-state index contributed by atoms with van der Waals surface area (Å²) in [7, 11) is 0. The molecule has 0 fully saturated rings. The van der Waals surface area contributed by atoms with Crippen LogP contribution >= 0.6 is 0 Å². The second-order valence-electron chi connectivity index (χ2n) is 16.4. The Kier molecular flexibility index (Phi) is 43.7. The highest BCUT2D eigenvalue weighted by Crippen LogP contribution is 2.15.